The maximum Gasteiger partial charge on any atom is 0.0677 e. The predicted octanol–water partition coefficient (Wildman–Crippen LogP) is 6.02. The first-order valence-corrected chi connectivity index (χ1v) is 8.26. The Bertz CT molecular complexity index is 428. The van der Waals surface area contributed by atoms with Crippen molar-refractivity contribution < 1.29 is 4.74 Å². The summed E-state index contributed by atoms with van der Waals surface area (Å²) in [5.41, 5.74) is 3.99. The largest absolute Gasteiger partial charge is 0.377 e. The number of allylic oxidation sites excluding steroid dienone is 2. The smallest absolute Gasteiger partial charge is 0.0677 e. The third-order valence-electron chi connectivity index (χ3n) is 3.44. The molecule has 0 fully saturated rings. The summed E-state index contributed by atoms with van der Waals surface area (Å²) in [6.07, 6.45) is 11.0. The van der Waals surface area contributed by atoms with Crippen molar-refractivity contribution in [3.05, 3.63) is 53.1 Å². The van der Waals surface area contributed by atoms with Crippen LogP contribution in [0.25, 0.3) is 6.08 Å². The average molecular weight is 286 g/mol. The Labute approximate surface area is 130 Å². The molecule has 21 heavy (non-hydrogen) atoms. The number of ether oxygens (including phenoxy) is 1. The minimum atomic E-state index is 0.734. The van der Waals surface area contributed by atoms with Crippen LogP contribution < -0.4 is 0 Å². The molecule has 0 aliphatic carbocycles. The molecule has 0 saturated heterocycles. The van der Waals surface area contributed by atoms with Crippen molar-refractivity contribution in [3.63, 3.8) is 0 Å². The topological polar surface area (TPSA) is 9.23 Å². The second-order valence-electron chi connectivity index (χ2n) is 5.57. The highest BCUT2D eigenvalue weighted by atomic mass is 16.5. The number of benzene rings is 1. The van der Waals surface area contributed by atoms with E-state index in [0.29, 0.717) is 0 Å². The van der Waals surface area contributed by atoms with Gasteiger partial charge in [0.2, 0.25) is 0 Å². The highest BCUT2D eigenvalue weighted by molar-refractivity contribution is 5.56. The van der Waals surface area contributed by atoms with E-state index in [-0.39, 0.29) is 0 Å². The Morgan fingerprint density at radius 1 is 1.05 bits per heavy atom. The lowest BCUT2D eigenvalue weighted by molar-refractivity contribution is 0.171. The lowest BCUT2D eigenvalue weighted by Gasteiger charge is -2.07. The number of rotatable bonds is 10. The molecule has 0 radical (unpaired) electrons. The van der Waals surface area contributed by atoms with Gasteiger partial charge in [0.05, 0.1) is 6.61 Å². The third kappa shape index (κ3) is 8.52. The van der Waals surface area contributed by atoms with Gasteiger partial charge in [-0.15, -0.1) is 0 Å². The van der Waals surface area contributed by atoms with Crippen LogP contribution in [0.3, 0.4) is 0 Å². The van der Waals surface area contributed by atoms with Crippen molar-refractivity contribution in [2.24, 2.45) is 0 Å². The molecule has 0 saturated carbocycles. The first-order chi connectivity index (χ1) is 10.3. The summed E-state index contributed by atoms with van der Waals surface area (Å²) < 4.78 is 5.49. The SMILES string of the molecule is CCCCCCC(/C=C(\C)COCC)=C\c1ccccc1. The van der Waals surface area contributed by atoms with Gasteiger partial charge in [0.15, 0.2) is 0 Å². The molecule has 1 rings (SSSR count). The fourth-order valence-corrected chi connectivity index (χ4v) is 2.33. The normalized spacial score (nSPS) is 12.7. The van der Waals surface area contributed by atoms with Crippen LogP contribution in [-0.4, -0.2) is 13.2 Å². The van der Waals surface area contributed by atoms with Gasteiger partial charge < -0.3 is 4.74 Å². The van der Waals surface area contributed by atoms with Gasteiger partial charge in [-0.3, -0.25) is 0 Å². The van der Waals surface area contributed by atoms with E-state index >= 15 is 0 Å². The van der Waals surface area contributed by atoms with Gasteiger partial charge in [-0.05, 0) is 43.4 Å². The molecule has 0 unspecified atom stereocenters. The van der Waals surface area contributed by atoms with E-state index < -0.39 is 0 Å². The zero-order valence-corrected chi connectivity index (χ0v) is 13.9. The van der Waals surface area contributed by atoms with Gasteiger partial charge in [0.25, 0.3) is 0 Å². The molecule has 0 atom stereocenters. The third-order valence-corrected chi connectivity index (χ3v) is 3.44. The number of unbranched alkanes of at least 4 members (excludes halogenated alkanes) is 3. The summed E-state index contributed by atoms with van der Waals surface area (Å²) >= 11 is 0. The van der Waals surface area contributed by atoms with Gasteiger partial charge in [-0.25, -0.2) is 0 Å². The minimum Gasteiger partial charge on any atom is -0.377 e. The first-order valence-electron chi connectivity index (χ1n) is 8.26. The molecule has 1 nitrogen and oxygen atoms in total. The summed E-state index contributed by atoms with van der Waals surface area (Å²) in [5, 5.41) is 0. The van der Waals surface area contributed by atoms with Crippen LogP contribution in [0.2, 0.25) is 0 Å². The van der Waals surface area contributed by atoms with Crippen molar-refractivity contribution in [2.45, 2.75) is 52.9 Å². The highest BCUT2D eigenvalue weighted by Crippen LogP contribution is 2.17. The second kappa shape index (κ2) is 11.3. The molecule has 1 aromatic carbocycles. The van der Waals surface area contributed by atoms with Crippen molar-refractivity contribution in [3.8, 4) is 0 Å². The number of hydrogen-bond donors (Lipinski definition) is 0. The van der Waals surface area contributed by atoms with Crippen molar-refractivity contribution >= 4 is 6.08 Å². The van der Waals surface area contributed by atoms with Gasteiger partial charge >= 0.3 is 0 Å². The van der Waals surface area contributed by atoms with Crippen LogP contribution in [0.1, 0.15) is 58.4 Å². The summed E-state index contributed by atoms with van der Waals surface area (Å²) in [6, 6.07) is 10.6. The summed E-state index contributed by atoms with van der Waals surface area (Å²) in [5.74, 6) is 0. The van der Waals surface area contributed by atoms with Crippen LogP contribution in [0.5, 0.6) is 0 Å². The fraction of sp³-hybridized carbons (Fsp3) is 0.500. The molecular formula is C20H30O. The molecule has 1 heteroatoms. The molecule has 0 heterocycles. The quantitative estimate of drug-likeness (QED) is 0.377. The molecule has 0 bridgehead atoms. The molecule has 0 aliphatic heterocycles. The van der Waals surface area contributed by atoms with Crippen LogP contribution in [0, 0.1) is 0 Å². The molecule has 1 aromatic rings. The van der Waals surface area contributed by atoms with E-state index in [1.807, 2.05) is 6.92 Å². The lowest BCUT2D eigenvalue weighted by atomic mass is 10.0. The maximum atomic E-state index is 5.49. The molecule has 0 spiro atoms. The fourth-order valence-electron chi connectivity index (χ4n) is 2.33. The maximum absolute atomic E-state index is 5.49. The van der Waals surface area contributed by atoms with E-state index in [1.54, 1.807) is 0 Å². The van der Waals surface area contributed by atoms with E-state index in [4.69, 9.17) is 4.74 Å². The Hall–Kier alpha value is -1.34. The van der Waals surface area contributed by atoms with Gasteiger partial charge in [-0.1, -0.05) is 68.7 Å². The summed E-state index contributed by atoms with van der Waals surface area (Å²) in [7, 11) is 0. The van der Waals surface area contributed by atoms with Crippen LogP contribution in [-0.2, 0) is 4.74 Å². The van der Waals surface area contributed by atoms with Crippen molar-refractivity contribution in [1.82, 2.24) is 0 Å². The minimum absolute atomic E-state index is 0.734. The Morgan fingerprint density at radius 3 is 2.48 bits per heavy atom. The van der Waals surface area contributed by atoms with E-state index in [1.165, 1.54) is 42.4 Å². The molecule has 116 valence electrons. The summed E-state index contributed by atoms with van der Waals surface area (Å²) in [4.78, 5) is 0. The Balaban J connectivity index is 2.72. The lowest BCUT2D eigenvalue weighted by Crippen LogP contribution is -1.95. The van der Waals surface area contributed by atoms with E-state index in [9.17, 15) is 0 Å². The van der Waals surface area contributed by atoms with Crippen LogP contribution in [0.4, 0.5) is 0 Å². The van der Waals surface area contributed by atoms with Crippen LogP contribution in [0.15, 0.2) is 47.6 Å². The average Bonchev–Trinajstić information content (AvgIpc) is 2.50. The Morgan fingerprint density at radius 2 is 1.81 bits per heavy atom. The standard InChI is InChI=1S/C20H30O/c1-4-6-7-9-14-20(15-18(3)17-21-5-2)16-19-12-10-8-11-13-19/h8,10-13,15-16H,4-7,9,14,17H2,1-3H3/b18-15+,20-16+. The molecular weight excluding hydrogens is 256 g/mol. The molecule has 0 aromatic heterocycles. The first kappa shape index (κ1) is 17.7. The van der Waals surface area contributed by atoms with Crippen molar-refractivity contribution in [2.75, 3.05) is 13.2 Å². The Kier molecular flexibility index (Phi) is 9.56. The monoisotopic (exact) mass is 286 g/mol. The summed E-state index contributed by atoms with van der Waals surface area (Å²) in [6.45, 7) is 7.96. The highest BCUT2D eigenvalue weighted by Gasteiger charge is 1.98. The zero-order valence-electron chi connectivity index (χ0n) is 13.9. The number of hydrogen-bond acceptors (Lipinski definition) is 1. The van der Waals surface area contributed by atoms with E-state index in [2.05, 4.69) is 56.3 Å². The van der Waals surface area contributed by atoms with Crippen LogP contribution >= 0.6 is 0 Å². The van der Waals surface area contributed by atoms with Gasteiger partial charge in [-0.2, -0.15) is 0 Å². The van der Waals surface area contributed by atoms with Gasteiger partial charge in [0.1, 0.15) is 0 Å². The predicted molar refractivity (Wildman–Crippen MR) is 93.4 cm³/mol. The van der Waals surface area contributed by atoms with E-state index in [0.717, 1.165) is 19.6 Å². The molecule has 0 amide bonds. The van der Waals surface area contributed by atoms with Crippen molar-refractivity contribution in [1.29, 1.82) is 0 Å². The van der Waals surface area contributed by atoms with Gasteiger partial charge in [0, 0.05) is 6.61 Å². The second-order valence-corrected chi connectivity index (χ2v) is 5.57. The molecule has 0 N–H and O–H groups in total. The zero-order chi connectivity index (χ0) is 15.3. The molecule has 0 aliphatic rings.